The second-order valence-corrected chi connectivity index (χ2v) is 9.89. The number of imidazole rings is 1. The molecule has 0 amide bonds. The number of fused-ring (bicyclic) bond motifs is 1. The minimum atomic E-state index is -4.76. The molecule has 0 aliphatic heterocycles. The molecular weight excluding hydrogens is 525 g/mol. The maximum Gasteiger partial charge on any atom is 0.573 e. The van der Waals surface area contributed by atoms with Crippen LogP contribution >= 0.6 is 11.8 Å². The van der Waals surface area contributed by atoms with E-state index < -0.39 is 12.3 Å². The normalized spacial score (nSPS) is 11.6. The van der Waals surface area contributed by atoms with Gasteiger partial charge in [0.05, 0.1) is 24.0 Å². The van der Waals surface area contributed by atoms with Crippen molar-refractivity contribution < 1.29 is 27.8 Å². The summed E-state index contributed by atoms with van der Waals surface area (Å²) in [5, 5.41) is 9.10. The Labute approximate surface area is 226 Å². The van der Waals surface area contributed by atoms with Crippen molar-refractivity contribution in [3.8, 4) is 17.1 Å². The second-order valence-electron chi connectivity index (χ2n) is 8.87. The number of ether oxygens (including phenoxy) is 1. The highest BCUT2D eigenvalue weighted by molar-refractivity contribution is 7.98. The molecule has 0 unspecified atom stereocenters. The fraction of sp³-hybridized carbons (Fsp3) is 0.133. The monoisotopic (exact) mass is 548 g/mol. The lowest BCUT2D eigenvalue weighted by molar-refractivity contribution is -0.274. The van der Waals surface area contributed by atoms with Crippen molar-refractivity contribution in [3.05, 3.63) is 114 Å². The van der Waals surface area contributed by atoms with Gasteiger partial charge in [-0.1, -0.05) is 54.6 Å². The molecule has 1 N–H and O–H groups in total. The lowest BCUT2D eigenvalue weighted by Gasteiger charge is -2.14. The van der Waals surface area contributed by atoms with Crippen LogP contribution in [-0.2, 0) is 23.5 Å². The van der Waals surface area contributed by atoms with Gasteiger partial charge in [0.15, 0.2) is 0 Å². The Kier molecular flexibility index (Phi) is 7.60. The standard InChI is InChI=1S/C30H23F3N2O3S/c31-30(32,33)38-24-14-12-22(13-15-24)29-34-25-9-2-3-10-26(25)35(29)18-23-8-1-4-11-27(23)39-19-21-7-5-6-20(16-21)17-28(36)37/h1-16H,17-19H2,(H,36,37). The van der Waals surface area contributed by atoms with Crippen LogP contribution in [0.5, 0.6) is 5.75 Å². The van der Waals surface area contributed by atoms with Gasteiger partial charge in [0.1, 0.15) is 11.6 Å². The molecule has 4 aromatic carbocycles. The average Bonchev–Trinajstić information content (AvgIpc) is 3.26. The van der Waals surface area contributed by atoms with E-state index in [1.807, 2.05) is 72.8 Å². The number of aromatic nitrogens is 2. The molecule has 198 valence electrons. The van der Waals surface area contributed by atoms with E-state index in [1.165, 1.54) is 12.1 Å². The molecule has 0 saturated heterocycles. The molecule has 0 aliphatic rings. The quantitative estimate of drug-likeness (QED) is 0.193. The molecule has 0 saturated carbocycles. The number of carboxylic acid groups (broad SMARTS) is 1. The van der Waals surface area contributed by atoms with Crippen LogP contribution in [0, 0.1) is 0 Å². The first kappa shape index (κ1) is 26.4. The van der Waals surface area contributed by atoms with E-state index in [9.17, 15) is 18.0 Å². The first-order valence-corrected chi connectivity index (χ1v) is 13.1. The molecule has 0 aliphatic carbocycles. The second kappa shape index (κ2) is 11.2. The van der Waals surface area contributed by atoms with Crippen LogP contribution in [0.4, 0.5) is 13.2 Å². The Balaban J connectivity index is 1.43. The van der Waals surface area contributed by atoms with Crippen LogP contribution in [0.3, 0.4) is 0 Å². The van der Waals surface area contributed by atoms with E-state index in [0.29, 0.717) is 23.7 Å². The van der Waals surface area contributed by atoms with Gasteiger partial charge in [-0.15, -0.1) is 24.9 Å². The molecule has 0 radical (unpaired) electrons. The number of alkyl halides is 3. The third-order valence-corrected chi connectivity index (χ3v) is 7.23. The van der Waals surface area contributed by atoms with Gasteiger partial charge < -0.3 is 14.4 Å². The summed E-state index contributed by atoms with van der Waals surface area (Å²) in [4.78, 5) is 16.9. The number of rotatable bonds is 9. The number of carbonyl (C=O) groups is 1. The number of halogens is 3. The highest BCUT2D eigenvalue weighted by atomic mass is 32.2. The van der Waals surface area contributed by atoms with E-state index >= 15 is 0 Å². The Bertz CT molecular complexity index is 1610. The van der Waals surface area contributed by atoms with Crippen molar-refractivity contribution in [3.63, 3.8) is 0 Å². The first-order valence-electron chi connectivity index (χ1n) is 12.1. The van der Waals surface area contributed by atoms with Crippen LogP contribution in [-0.4, -0.2) is 27.0 Å². The SMILES string of the molecule is O=C(O)Cc1cccc(CSc2ccccc2Cn2c(-c3ccc(OC(F)(F)F)cc3)nc3ccccc32)c1. The Morgan fingerprint density at radius 2 is 1.62 bits per heavy atom. The fourth-order valence-electron chi connectivity index (χ4n) is 4.37. The average molecular weight is 549 g/mol. The van der Waals surface area contributed by atoms with E-state index in [2.05, 4.69) is 9.30 Å². The van der Waals surface area contributed by atoms with Crippen LogP contribution in [0.2, 0.25) is 0 Å². The molecule has 39 heavy (non-hydrogen) atoms. The van der Waals surface area contributed by atoms with Crippen LogP contribution in [0.1, 0.15) is 16.7 Å². The number of nitrogens with zero attached hydrogens (tertiary/aromatic N) is 2. The third-order valence-electron chi connectivity index (χ3n) is 6.04. The molecule has 0 spiro atoms. The third kappa shape index (κ3) is 6.61. The summed E-state index contributed by atoms with van der Waals surface area (Å²) < 4.78 is 44.0. The van der Waals surface area contributed by atoms with Crippen molar-refractivity contribution in [2.75, 3.05) is 0 Å². The highest BCUT2D eigenvalue weighted by Gasteiger charge is 2.31. The fourth-order valence-corrected chi connectivity index (χ4v) is 5.37. The lowest BCUT2D eigenvalue weighted by atomic mass is 10.1. The van der Waals surface area contributed by atoms with Gasteiger partial charge in [0.2, 0.25) is 0 Å². The molecule has 1 heterocycles. The number of aliphatic carboxylic acids is 1. The molecule has 5 nitrogen and oxygen atoms in total. The summed E-state index contributed by atoms with van der Waals surface area (Å²) in [6.45, 7) is 0.499. The Morgan fingerprint density at radius 1 is 0.897 bits per heavy atom. The maximum atomic E-state index is 12.6. The van der Waals surface area contributed by atoms with E-state index in [1.54, 1.807) is 23.9 Å². The highest BCUT2D eigenvalue weighted by Crippen LogP contribution is 2.32. The summed E-state index contributed by atoms with van der Waals surface area (Å²) in [5.41, 5.74) is 5.21. The van der Waals surface area contributed by atoms with Gasteiger partial charge in [-0.2, -0.15) is 0 Å². The largest absolute Gasteiger partial charge is 0.573 e. The number of thioether (sulfide) groups is 1. The first-order chi connectivity index (χ1) is 18.7. The zero-order valence-electron chi connectivity index (χ0n) is 20.6. The van der Waals surface area contributed by atoms with Gasteiger partial charge in [0.25, 0.3) is 0 Å². The predicted octanol–water partition coefficient (Wildman–Crippen LogP) is 7.57. The minimum absolute atomic E-state index is 0.0190. The van der Waals surface area contributed by atoms with Crippen molar-refractivity contribution in [2.45, 2.75) is 30.0 Å². The molecule has 0 bridgehead atoms. The van der Waals surface area contributed by atoms with Crippen LogP contribution < -0.4 is 4.74 Å². The Morgan fingerprint density at radius 3 is 2.38 bits per heavy atom. The predicted molar refractivity (Wildman–Crippen MR) is 145 cm³/mol. The van der Waals surface area contributed by atoms with Crippen molar-refractivity contribution in [1.82, 2.24) is 9.55 Å². The molecule has 0 atom stereocenters. The summed E-state index contributed by atoms with van der Waals surface area (Å²) >= 11 is 1.66. The van der Waals surface area contributed by atoms with Gasteiger partial charge >= 0.3 is 12.3 Å². The van der Waals surface area contributed by atoms with Crippen molar-refractivity contribution in [1.29, 1.82) is 0 Å². The lowest BCUT2D eigenvalue weighted by Crippen LogP contribution is -2.17. The zero-order valence-corrected chi connectivity index (χ0v) is 21.4. The topological polar surface area (TPSA) is 64.3 Å². The van der Waals surface area contributed by atoms with E-state index in [-0.39, 0.29) is 12.2 Å². The summed E-state index contributed by atoms with van der Waals surface area (Å²) in [5.74, 6) is 0.151. The molecule has 9 heteroatoms. The van der Waals surface area contributed by atoms with Crippen LogP contribution in [0.15, 0.2) is 102 Å². The van der Waals surface area contributed by atoms with E-state index in [0.717, 1.165) is 32.6 Å². The molecule has 5 aromatic rings. The minimum Gasteiger partial charge on any atom is -0.481 e. The van der Waals surface area contributed by atoms with Crippen LogP contribution in [0.25, 0.3) is 22.4 Å². The number of hydrogen-bond acceptors (Lipinski definition) is 4. The number of carboxylic acids is 1. The Hall–Kier alpha value is -4.24. The summed E-state index contributed by atoms with van der Waals surface area (Å²) in [7, 11) is 0. The smallest absolute Gasteiger partial charge is 0.481 e. The maximum absolute atomic E-state index is 12.6. The number of hydrogen-bond donors (Lipinski definition) is 1. The summed E-state index contributed by atoms with van der Waals surface area (Å²) in [6.07, 6.45) is -4.78. The molecular formula is C30H23F3N2O3S. The molecule has 0 fully saturated rings. The molecule has 5 rings (SSSR count). The van der Waals surface area contributed by atoms with Gasteiger partial charge in [0, 0.05) is 16.2 Å². The zero-order chi connectivity index (χ0) is 27.4. The summed E-state index contributed by atoms with van der Waals surface area (Å²) in [6, 6.07) is 29.0. The van der Waals surface area contributed by atoms with Gasteiger partial charge in [-0.25, -0.2) is 4.98 Å². The van der Waals surface area contributed by atoms with Gasteiger partial charge in [-0.05, 0) is 59.2 Å². The molecule has 1 aromatic heterocycles. The number of para-hydroxylation sites is 2. The number of benzene rings is 4. The van der Waals surface area contributed by atoms with E-state index in [4.69, 9.17) is 10.1 Å². The van der Waals surface area contributed by atoms with Crippen molar-refractivity contribution in [2.24, 2.45) is 0 Å². The van der Waals surface area contributed by atoms with Gasteiger partial charge in [-0.3, -0.25) is 4.79 Å². The van der Waals surface area contributed by atoms with Crippen molar-refractivity contribution >= 4 is 28.8 Å².